The zero-order valence-electron chi connectivity index (χ0n) is 10.6. The zero-order chi connectivity index (χ0) is 13.9. The van der Waals surface area contributed by atoms with Gasteiger partial charge < -0.3 is 4.90 Å². The molecule has 0 aromatic heterocycles. The Labute approximate surface area is 126 Å². The normalized spacial score (nSPS) is 29.5. The van der Waals surface area contributed by atoms with Gasteiger partial charge in [0.1, 0.15) is 0 Å². The number of anilines is 1. The molecule has 19 heavy (non-hydrogen) atoms. The summed E-state index contributed by atoms with van der Waals surface area (Å²) >= 11 is 2.20. The molecule has 0 saturated heterocycles. The van der Waals surface area contributed by atoms with Gasteiger partial charge in [-0.15, -0.1) is 0 Å². The molecule has 1 aliphatic carbocycles. The monoisotopic (exact) mass is 391 g/mol. The van der Waals surface area contributed by atoms with Crippen molar-refractivity contribution in [1.82, 2.24) is 0 Å². The van der Waals surface area contributed by atoms with Crippen molar-refractivity contribution >= 4 is 44.0 Å². The lowest BCUT2D eigenvalue weighted by Crippen LogP contribution is -2.33. The number of amides is 1. The number of rotatable bonds is 1. The summed E-state index contributed by atoms with van der Waals surface area (Å²) in [5.41, 5.74) is 1.85. The summed E-state index contributed by atoms with van der Waals surface area (Å²) in [4.78, 5) is 14.2. The van der Waals surface area contributed by atoms with Gasteiger partial charge in [0.25, 0.3) is 0 Å². The van der Waals surface area contributed by atoms with Gasteiger partial charge in [0, 0.05) is 19.0 Å². The van der Waals surface area contributed by atoms with Crippen molar-refractivity contribution in [2.24, 2.45) is 5.92 Å². The van der Waals surface area contributed by atoms with E-state index in [-0.39, 0.29) is 9.83 Å². The van der Waals surface area contributed by atoms with Gasteiger partial charge in [0.05, 0.1) is 8.82 Å². The molecular weight excluding hydrogens is 377 g/mol. The standard InChI is InChI=1S/C13H14INO3S/c1-15-11-4-3-7(19(2,17)18)5-9(11)8-6-10(8)12(14)13(15)16/h3-5,8,10,12H,6H2,1-2H3/t8-,10?,12+/m0/s1. The van der Waals surface area contributed by atoms with Crippen LogP contribution in [0, 0.1) is 5.92 Å². The molecule has 1 aromatic rings. The Kier molecular flexibility index (Phi) is 2.94. The number of alkyl halides is 1. The first-order valence-electron chi connectivity index (χ1n) is 6.06. The van der Waals surface area contributed by atoms with Crippen LogP contribution in [-0.2, 0) is 14.6 Å². The minimum atomic E-state index is -3.20. The van der Waals surface area contributed by atoms with Crippen LogP contribution < -0.4 is 4.90 Å². The Morgan fingerprint density at radius 3 is 2.68 bits per heavy atom. The van der Waals surface area contributed by atoms with Gasteiger partial charge >= 0.3 is 0 Å². The van der Waals surface area contributed by atoms with Gasteiger partial charge in [0.15, 0.2) is 9.84 Å². The molecule has 1 aromatic carbocycles. The van der Waals surface area contributed by atoms with E-state index >= 15 is 0 Å². The molecule has 2 aliphatic rings. The van der Waals surface area contributed by atoms with Crippen LogP contribution in [0.4, 0.5) is 5.69 Å². The fraction of sp³-hybridized carbons (Fsp3) is 0.462. The van der Waals surface area contributed by atoms with E-state index in [1.807, 2.05) is 0 Å². The van der Waals surface area contributed by atoms with Gasteiger partial charge in [-0.25, -0.2) is 8.42 Å². The summed E-state index contributed by atoms with van der Waals surface area (Å²) < 4.78 is 23.3. The maximum absolute atomic E-state index is 12.2. The second-order valence-electron chi connectivity index (χ2n) is 5.30. The lowest BCUT2D eigenvalue weighted by atomic mass is 10.1. The quantitative estimate of drug-likeness (QED) is 0.544. The number of halogens is 1. The number of carbonyl (C=O) groups is 1. The molecule has 0 N–H and O–H groups in total. The molecule has 0 bridgehead atoms. The first kappa shape index (κ1) is 13.4. The van der Waals surface area contributed by atoms with E-state index in [1.54, 1.807) is 30.1 Å². The van der Waals surface area contributed by atoms with E-state index in [9.17, 15) is 13.2 Å². The van der Waals surface area contributed by atoms with Crippen molar-refractivity contribution in [3.8, 4) is 0 Å². The average molecular weight is 391 g/mol. The maximum atomic E-state index is 12.2. The highest BCUT2D eigenvalue weighted by Gasteiger charge is 2.50. The van der Waals surface area contributed by atoms with Crippen LogP contribution in [0.1, 0.15) is 17.9 Å². The molecule has 0 radical (unpaired) electrons. The molecule has 1 aliphatic heterocycles. The smallest absolute Gasteiger partial charge is 0.239 e. The first-order chi connectivity index (χ1) is 8.80. The highest BCUT2D eigenvalue weighted by atomic mass is 127. The largest absolute Gasteiger partial charge is 0.314 e. The first-order valence-corrected chi connectivity index (χ1v) is 9.20. The van der Waals surface area contributed by atoms with E-state index in [1.165, 1.54) is 6.26 Å². The lowest BCUT2D eigenvalue weighted by Gasteiger charge is -2.20. The Morgan fingerprint density at radius 2 is 2.05 bits per heavy atom. The number of nitrogens with zero attached hydrogens (tertiary/aromatic N) is 1. The summed E-state index contributed by atoms with van der Waals surface area (Å²) in [7, 11) is -1.44. The molecule has 1 unspecified atom stereocenters. The topological polar surface area (TPSA) is 54.5 Å². The van der Waals surface area contributed by atoms with E-state index in [4.69, 9.17) is 0 Å². The molecule has 6 heteroatoms. The number of hydrogen-bond donors (Lipinski definition) is 0. The molecule has 3 rings (SSSR count). The highest BCUT2D eigenvalue weighted by molar-refractivity contribution is 14.1. The molecule has 1 fully saturated rings. The Morgan fingerprint density at radius 1 is 1.37 bits per heavy atom. The fourth-order valence-corrected chi connectivity index (χ4v) is 4.62. The number of sulfone groups is 1. The second kappa shape index (κ2) is 4.18. The Hall–Kier alpha value is -0.630. The van der Waals surface area contributed by atoms with Crippen molar-refractivity contribution in [3.05, 3.63) is 23.8 Å². The maximum Gasteiger partial charge on any atom is 0.239 e. The molecule has 3 atom stereocenters. The van der Waals surface area contributed by atoms with Gasteiger partial charge in [-0.05, 0) is 42.0 Å². The summed E-state index contributed by atoms with van der Waals surface area (Å²) in [6.07, 6.45) is 2.19. The van der Waals surface area contributed by atoms with Crippen molar-refractivity contribution in [2.45, 2.75) is 21.2 Å². The average Bonchev–Trinajstić information content (AvgIpc) is 3.14. The van der Waals surface area contributed by atoms with E-state index in [2.05, 4.69) is 22.6 Å². The summed E-state index contributed by atoms with van der Waals surface area (Å²) in [6, 6.07) is 5.09. The van der Waals surface area contributed by atoms with Crippen LogP contribution in [0.2, 0.25) is 0 Å². The van der Waals surface area contributed by atoms with Crippen LogP contribution in [-0.4, -0.2) is 31.6 Å². The van der Waals surface area contributed by atoms with E-state index in [0.29, 0.717) is 16.7 Å². The lowest BCUT2D eigenvalue weighted by molar-refractivity contribution is -0.117. The van der Waals surface area contributed by atoms with Gasteiger partial charge in [-0.2, -0.15) is 0 Å². The van der Waals surface area contributed by atoms with Gasteiger partial charge in [0.2, 0.25) is 5.91 Å². The van der Waals surface area contributed by atoms with Crippen molar-refractivity contribution in [3.63, 3.8) is 0 Å². The third-order valence-electron chi connectivity index (χ3n) is 3.97. The molecular formula is C13H14INO3S. The Bertz CT molecular complexity index is 670. The number of hydrogen-bond acceptors (Lipinski definition) is 3. The molecule has 1 heterocycles. The van der Waals surface area contributed by atoms with Crippen LogP contribution in [0.5, 0.6) is 0 Å². The molecule has 1 saturated carbocycles. The number of carbonyl (C=O) groups excluding carboxylic acids is 1. The second-order valence-corrected chi connectivity index (χ2v) is 8.66. The predicted octanol–water partition coefficient (Wildman–Crippen LogP) is 1.97. The molecule has 4 nitrogen and oxygen atoms in total. The van der Waals surface area contributed by atoms with Crippen LogP contribution in [0.25, 0.3) is 0 Å². The van der Waals surface area contributed by atoms with Gasteiger partial charge in [-0.1, -0.05) is 22.6 Å². The third-order valence-corrected chi connectivity index (χ3v) is 6.54. The third kappa shape index (κ3) is 2.08. The minimum absolute atomic E-state index is 0.0123. The van der Waals surface area contributed by atoms with Crippen molar-refractivity contribution in [1.29, 1.82) is 0 Å². The zero-order valence-corrected chi connectivity index (χ0v) is 13.6. The van der Waals surface area contributed by atoms with E-state index in [0.717, 1.165) is 17.7 Å². The highest BCUT2D eigenvalue weighted by Crippen LogP contribution is 2.56. The van der Waals surface area contributed by atoms with Crippen molar-refractivity contribution in [2.75, 3.05) is 18.2 Å². The van der Waals surface area contributed by atoms with Crippen molar-refractivity contribution < 1.29 is 13.2 Å². The number of fused-ring (bicyclic) bond motifs is 3. The minimum Gasteiger partial charge on any atom is -0.314 e. The fourth-order valence-electron chi connectivity index (χ4n) is 2.75. The number of benzene rings is 1. The molecule has 1 amide bonds. The van der Waals surface area contributed by atoms with Crippen LogP contribution in [0.15, 0.2) is 23.1 Å². The summed E-state index contributed by atoms with van der Waals surface area (Å²) in [5.74, 6) is 0.790. The summed E-state index contributed by atoms with van der Waals surface area (Å²) in [5, 5.41) is 0. The van der Waals surface area contributed by atoms with Crippen LogP contribution in [0.3, 0.4) is 0 Å². The molecule has 0 spiro atoms. The predicted molar refractivity (Wildman–Crippen MR) is 81.6 cm³/mol. The Balaban J connectivity index is 2.16. The van der Waals surface area contributed by atoms with Crippen LogP contribution >= 0.6 is 22.6 Å². The van der Waals surface area contributed by atoms with E-state index < -0.39 is 9.84 Å². The van der Waals surface area contributed by atoms with Gasteiger partial charge in [-0.3, -0.25) is 4.79 Å². The SMILES string of the molecule is CN1C(=O)[C@H](I)C2C[C@H]2c2cc(S(C)(=O)=O)ccc21. The molecule has 102 valence electrons. The summed E-state index contributed by atoms with van der Waals surface area (Å²) in [6.45, 7) is 0.